The summed E-state index contributed by atoms with van der Waals surface area (Å²) < 4.78 is 0. The molecule has 3 heteroatoms. The van der Waals surface area contributed by atoms with E-state index in [1.165, 1.54) is 17.7 Å². The highest BCUT2D eigenvalue weighted by atomic mass is 14.9. The van der Waals surface area contributed by atoms with Gasteiger partial charge in [-0.2, -0.15) is 0 Å². The average molecular weight is 243 g/mol. The molecule has 18 heavy (non-hydrogen) atoms. The molecule has 0 unspecified atom stereocenters. The summed E-state index contributed by atoms with van der Waals surface area (Å²) in [6.07, 6.45) is 2.35. The van der Waals surface area contributed by atoms with Gasteiger partial charge in [-0.05, 0) is 43.9 Å². The van der Waals surface area contributed by atoms with E-state index in [0.717, 1.165) is 29.8 Å². The molecule has 0 bridgehead atoms. The number of rotatable bonds is 3. The highest BCUT2D eigenvalue weighted by molar-refractivity contribution is 6.22. The molecule has 0 atom stereocenters. The first-order valence-corrected chi connectivity index (χ1v) is 6.45. The number of allylic oxidation sites excluding steroid dienone is 2. The van der Waals surface area contributed by atoms with Crippen molar-refractivity contribution in [3.05, 3.63) is 35.0 Å². The molecule has 1 aromatic rings. The summed E-state index contributed by atoms with van der Waals surface area (Å²) >= 11 is 0. The van der Waals surface area contributed by atoms with Crippen LogP contribution >= 0.6 is 0 Å². The first-order chi connectivity index (χ1) is 8.63. The van der Waals surface area contributed by atoms with Gasteiger partial charge in [0, 0.05) is 36.3 Å². The van der Waals surface area contributed by atoms with E-state index >= 15 is 0 Å². The zero-order chi connectivity index (χ0) is 13.1. The second-order valence-electron chi connectivity index (χ2n) is 4.78. The molecule has 96 valence electrons. The highest BCUT2D eigenvalue weighted by Crippen LogP contribution is 2.27. The number of hydrogen-bond donors (Lipinski definition) is 3. The molecule has 1 aliphatic heterocycles. The van der Waals surface area contributed by atoms with Crippen LogP contribution < -0.4 is 10.6 Å². The molecule has 3 nitrogen and oxygen atoms in total. The maximum atomic E-state index is 7.94. The summed E-state index contributed by atoms with van der Waals surface area (Å²) in [5.74, 6) is 0. The monoisotopic (exact) mass is 243 g/mol. The quantitative estimate of drug-likeness (QED) is 0.715. The Balaban J connectivity index is 2.47. The van der Waals surface area contributed by atoms with Crippen LogP contribution in [0.3, 0.4) is 0 Å². The van der Waals surface area contributed by atoms with E-state index in [1.54, 1.807) is 0 Å². The van der Waals surface area contributed by atoms with Crippen LogP contribution in [-0.4, -0.2) is 19.3 Å². The molecule has 3 N–H and O–H groups in total. The van der Waals surface area contributed by atoms with Gasteiger partial charge in [0.1, 0.15) is 0 Å². The molecule has 0 aromatic heterocycles. The van der Waals surface area contributed by atoms with E-state index in [1.807, 2.05) is 20.9 Å². The summed E-state index contributed by atoms with van der Waals surface area (Å²) in [7, 11) is 1.90. The van der Waals surface area contributed by atoms with E-state index in [2.05, 4.69) is 28.8 Å². The molecule has 0 spiro atoms. The summed E-state index contributed by atoms with van der Waals surface area (Å²) in [6, 6.07) is 6.48. The first-order valence-electron chi connectivity index (χ1n) is 6.45. The zero-order valence-electron chi connectivity index (χ0n) is 11.4. The van der Waals surface area contributed by atoms with E-state index in [-0.39, 0.29) is 0 Å². The lowest BCUT2D eigenvalue weighted by molar-refractivity contribution is 0.830. The molecule has 1 aromatic carbocycles. The van der Waals surface area contributed by atoms with Crippen molar-refractivity contribution in [2.24, 2.45) is 0 Å². The third-order valence-corrected chi connectivity index (χ3v) is 3.46. The van der Waals surface area contributed by atoms with Crippen LogP contribution in [0.5, 0.6) is 0 Å². The van der Waals surface area contributed by atoms with E-state index in [4.69, 9.17) is 5.41 Å². The van der Waals surface area contributed by atoms with Crippen molar-refractivity contribution in [3.63, 3.8) is 0 Å². The SMILES string of the molecule is CN/C(C)=C(\C(C)=N)c1ccc2c(c1)NCCC2. The van der Waals surface area contributed by atoms with E-state index in [0.29, 0.717) is 5.71 Å². The lowest BCUT2D eigenvalue weighted by Crippen LogP contribution is -2.13. The topological polar surface area (TPSA) is 47.9 Å². The Kier molecular flexibility index (Phi) is 3.70. The van der Waals surface area contributed by atoms with Gasteiger partial charge in [0.25, 0.3) is 0 Å². The minimum absolute atomic E-state index is 0.595. The number of nitrogens with one attached hydrogen (secondary N) is 3. The number of anilines is 1. The van der Waals surface area contributed by atoms with Crippen LogP contribution in [-0.2, 0) is 6.42 Å². The van der Waals surface area contributed by atoms with Gasteiger partial charge in [-0.25, -0.2) is 0 Å². The van der Waals surface area contributed by atoms with E-state index < -0.39 is 0 Å². The second-order valence-corrected chi connectivity index (χ2v) is 4.78. The molecule has 0 saturated carbocycles. The highest BCUT2D eigenvalue weighted by Gasteiger charge is 2.13. The van der Waals surface area contributed by atoms with Crippen molar-refractivity contribution in [1.82, 2.24) is 5.32 Å². The lowest BCUT2D eigenvalue weighted by Gasteiger charge is -2.20. The Morgan fingerprint density at radius 1 is 1.33 bits per heavy atom. The van der Waals surface area contributed by atoms with Gasteiger partial charge in [-0.15, -0.1) is 0 Å². The van der Waals surface area contributed by atoms with Gasteiger partial charge in [0.15, 0.2) is 0 Å². The van der Waals surface area contributed by atoms with Crippen LogP contribution in [0, 0.1) is 5.41 Å². The van der Waals surface area contributed by atoms with Gasteiger partial charge in [-0.3, -0.25) is 0 Å². The van der Waals surface area contributed by atoms with Crippen LogP contribution in [0.4, 0.5) is 5.69 Å². The number of fused-ring (bicyclic) bond motifs is 1. The fourth-order valence-corrected chi connectivity index (χ4v) is 2.46. The normalized spacial score (nSPS) is 15.3. The zero-order valence-corrected chi connectivity index (χ0v) is 11.4. The summed E-state index contributed by atoms with van der Waals surface area (Å²) in [6.45, 7) is 4.90. The molecule has 1 aliphatic rings. The predicted octanol–water partition coefficient (Wildman–Crippen LogP) is 3.03. The van der Waals surface area contributed by atoms with Crippen molar-refractivity contribution >= 4 is 17.0 Å². The third kappa shape index (κ3) is 2.40. The third-order valence-electron chi connectivity index (χ3n) is 3.46. The van der Waals surface area contributed by atoms with Crippen molar-refractivity contribution in [2.75, 3.05) is 18.9 Å². The van der Waals surface area contributed by atoms with Crippen LogP contribution in [0.1, 0.15) is 31.4 Å². The molecule has 0 amide bonds. The van der Waals surface area contributed by atoms with Crippen LogP contribution in [0.2, 0.25) is 0 Å². The van der Waals surface area contributed by atoms with Gasteiger partial charge in [-0.1, -0.05) is 12.1 Å². The Labute approximate surface area is 109 Å². The number of benzene rings is 1. The Hall–Kier alpha value is -1.77. The Morgan fingerprint density at radius 3 is 2.78 bits per heavy atom. The maximum absolute atomic E-state index is 7.94. The molecule has 0 radical (unpaired) electrons. The largest absolute Gasteiger partial charge is 0.391 e. The molecule has 0 fully saturated rings. The van der Waals surface area contributed by atoms with E-state index in [9.17, 15) is 0 Å². The summed E-state index contributed by atoms with van der Waals surface area (Å²) in [4.78, 5) is 0. The Morgan fingerprint density at radius 2 is 2.11 bits per heavy atom. The first kappa shape index (κ1) is 12.7. The fraction of sp³-hybridized carbons (Fsp3) is 0.400. The molecular formula is C15H21N3. The molecule has 1 heterocycles. The van der Waals surface area contributed by atoms with Gasteiger partial charge in [0.05, 0.1) is 0 Å². The van der Waals surface area contributed by atoms with Crippen molar-refractivity contribution in [1.29, 1.82) is 5.41 Å². The van der Waals surface area contributed by atoms with Crippen LogP contribution in [0.25, 0.3) is 5.57 Å². The fourth-order valence-electron chi connectivity index (χ4n) is 2.46. The minimum atomic E-state index is 0.595. The number of hydrogen-bond acceptors (Lipinski definition) is 3. The maximum Gasteiger partial charge on any atom is 0.0378 e. The van der Waals surface area contributed by atoms with Gasteiger partial charge in [0.2, 0.25) is 0 Å². The van der Waals surface area contributed by atoms with Crippen molar-refractivity contribution in [2.45, 2.75) is 26.7 Å². The molecule has 0 saturated heterocycles. The molecule has 0 aliphatic carbocycles. The Bertz CT molecular complexity index is 500. The van der Waals surface area contributed by atoms with Gasteiger partial charge >= 0.3 is 0 Å². The van der Waals surface area contributed by atoms with Crippen molar-refractivity contribution < 1.29 is 0 Å². The summed E-state index contributed by atoms with van der Waals surface area (Å²) in [5, 5.41) is 14.5. The molecular weight excluding hydrogens is 222 g/mol. The minimum Gasteiger partial charge on any atom is -0.391 e. The standard InChI is InChI=1S/C15H21N3/c1-10(16)15(11(2)17-3)13-7-6-12-5-4-8-18-14(12)9-13/h6-7,9,16-18H,4-5,8H2,1-3H3/b15-11+,16-10?. The summed E-state index contributed by atoms with van der Waals surface area (Å²) in [5.41, 5.74) is 6.35. The van der Waals surface area contributed by atoms with Crippen LogP contribution in [0.15, 0.2) is 23.9 Å². The second kappa shape index (κ2) is 5.25. The number of aryl methyl sites for hydroxylation is 1. The average Bonchev–Trinajstić information content (AvgIpc) is 2.38. The lowest BCUT2D eigenvalue weighted by atomic mass is 9.95. The predicted molar refractivity (Wildman–Crippen MR) is 78.3 cm³/mol. The smallest absolute Gasteiger partial charge is 0.0378 e. The van der Waals surface area contributed by atoms with Gasteiger partial charge < -0.3 is 16.0 Å². The molecule has 2 rings (SSSR count). The van der Waals surface area contributed by atoms with Crippen molar-refractivity contribution in [3.8, 4) is 0 Å².